The van der Waals surface area contributed by atoms with E-state index in [0.717, 1.165) is 5.52 Å². The van der Waals surface area contributed by atoms with Crippen molar-refractivity contribution in [2.24, 2.45) is 5.11 Å². The molecule has 17 heavy (non-hydrogen) atoms. The molecule has 0 unspecified atom stereocenters. The van der Waals surface area contributed by atoms with E-state index in [2.05, 4.69) is 15.0 Å². The van der Waals surface area contributed by atoms with E-state index in [1.807, 2.05) is 12.1 Å². The highest BCUT2D eigenvalue weighted by Gasteiger charge is 2.17. The summed E-state index contributed by atoms with van der Waals surface area (Å²) in [5, 5.41) is 4.25. The van der Waals surface area contributed by atoms with Crippen LogP contribution >= 0.6 is 0 Å². The van der Waals surface area contributed by atoms with Gasteiger partial charge in [0, 0.05) is 15.8 Å². The summed E-state index contributed by atoms with van der Waals surface area (Å²) in [6, 6.07) is 7.21. The van der Waals surface area contributed by atoms with Gasteiger partial charge in [-0.2, -0.15) is 0 Å². The predicted molar refractivity (Wildman–Crippen MR) is 63.1 cm³/mol. The zero-order chi connectivity index (χ0) is 12.3. The summed E-state index contributed by atoms with van der Waals surface area (Å²) < 4.78 is 4.89. The van der Waals surface area contributed by atoms with Crippen LogP contribution in [0.15, 0.2) is 29.4 Å². The minimum absolute atomic E-state index is 0.186. The van der Waals surface area contributed by atoms with Gasteiger partial charge in [-0.3, -0.25) is 0 Å². The first-order chi connectivity index (χ1) is 8.27. The van der Waals surface area contributed by atoms with E-state index in [-0.39, 0.29) is 18.0 Å². The summed E-state index contributed by atoms with van der Waals surface area (Å²) in [4.78, 5) is 17.3. The fourth-order valence-corrected chi connectivity index (χ4v) is 1.63. The first-order valence-electron chi connectivity index (χ1n) is 5.10. The number of azide groups is 1. The first-order valence-corrected chi connectivity index (χ1v) is 5.10. The molecule has 2 rings (SSSR count). The predicted octanol–water partition coefficient (Wildman–Crippen LogP) is 3.29. The van der Waals surface area contributed by atoms with Gasteiger partial charge in [0.05, 0.1) is 12.3 Å². The molecule has 0 aliphatic rings. The number of ether oxygens (including phenoxy) is 1. The van der Waals surface area contributed by atoms with Crippen molar-refractivity contribution >= 4 is 22.6 Å². The summed E-state index contributed by atoms with van der Waals surface area (Å²) in [7, 11) is 0. The van der Waals surface area contributed by atoms with Crippen LogP contribution in [0.3, 0.4) is 0 Å². The maximum absolute atomic E-state index is 11.7. The van der Waals surface area contributed by atoms with Crippen LogP contribution < -0.4 is 0 Å². The van der Waals surface area contributed by atoms with Crippen LogP contribution in [-0.2, 0) is 4.74 Å². The minimum Gasteiger partial charge on any atom is -0.461 e. The van der Waals surface area contributed by atoms with Gasteiger partial charge >= 0.3 is 5.97 Å². The number of aromatic nitrogens is 1. The third-order valence-corrected chi connectivity index (χ3v) is 2.30. The second-order valence-electron chi connectivity index (χ2n) is 3.30. The first kappa shape index (κ1) is 11.0. The average molecular weight is 230 g/mol. The van der Waals surface area contributed by atoms with Crippen molar-refractivity contribution in [3.8, 4) is 0 Å². The molecule has 0 saturated heterocycles. The topological polar surface area (TPSA) is 90.9 Å². The summed E-state index contributed by atoms with van der Waals surface area (Å²) in [5.41, 5.74) is 9.73. The standard InChI is InChI=1S/C11H10N4O2/c1-2-17-11(16)10-9(14-15-12)7-5-3-4-6-8(7)13-10/h3-6,13H,2H2,1H3. The molecular weight excluding hydrogens is 220 g/mol. The van der Waals surface area contributed by atoms with Crippen LogP contribution in [-0.4, -0.2) is 17.6 Å². The average Bonchev–Trinajstić information content (AvgIpc) is 2.70. The van der Waals surface area contributed by atoms with Crippen molar-refractivity contribution in [3.63, 3.8) is 0 Å². The van der Waals surface area contributed by atoms with Crippen LogP contribution in [0.1, 0.15) is 17.4 Å². The highest BCUT2D eigenvalue weighted by Crippen LogP contribution is 2.30. The molecule has 86 valence electrons. The molecule has 1 aromatic carbocycles. The fraction of sp³-hybridized carbons (Fsp3) is 0.182. The number of para-hydroxylation sites is 1. The maximum Gasteiger partial charge on any atom is 0.355 e. The summed E-state index contributed by atoms with van der Waals surface area (Å²) in [5.74, 6) is -0.522. The van der Waals surface area contributed by atoms with E-state index >= 15 is 0 Å². The summed E-state index contributed by atoms with van der Waals surface area (Å²) in [6.07, 6.45) is 0. The zero-order valence-electron chi connectivity index (χ0n) is 9.17. The van der Waals surface area contributed by atoms with E-state index < -0.39 is 5.97 Å². The van der Waals surface area contributed by atoms with Crippen LogP contribution in [0, 0.1) is 0 Å². The van der Waals surface area contributed by atoms with Crippen molar-refractivity contribution in [1.29, 1.82) is 0 Å². The van der Waals surface area contributed by atoms with Crippen molar-refractivity contribution in [3.05, 3.63) is 40.4 Å². The van der Waals surface area contributed by atoms with Crippen molar-refractivity contribution in [2.45, 2.75) is 6.92 Å². The monoisotopic (exact) mass is 230 g/mol. The molecule has 1 heterocycles. The maximum atomic E-state index is 11.7. The lowest BCUT2D eigenvalue weighted by Gasteiger charge is -1.99. The number of rotatable bonds is 3. The lowest BCUT2D eigenvalue weighted by Crippen LogP contribution is -2.04. The Balaban J connectivity index is 2.65. The van der Waals surface area contributed by atoms with E-state index in [1.54, 1.807) is 19.1 Å². The van der Waals surface area contributed by atoms with E-state index in [1.165, 1.54) is 0 Å². The number of fused-ring (bicyclic) bond motifs is 1. The van der Waals surface area contributed by atoms with E-state index in [9.17, 15) is 4.79 Å². The Labute approximate surface area is 96.8 Å². The molecule has 0 saturated carbocycles. The molecule has 0 aliphatic carbocycles. The summed E-state index contributed by atoms with van der Waals surface area (Å²) in [6.45, 7) is 1.98. The van der Waals surface area contributed by atoms with Gasteiger partial charge in [-0.1, -0.05) is 23.3 Å². The van der Waals surface area contributed by atoms with Crippen LogP contribution in [0.2, 0.25) is 0 Å². The smallest absolute Gasteiger partial charge is 0.355 e. The highest BCUT2D eigenvalue weighted by molar-refractivity contribution is 6.04. The number of hydrogen-bond acceptors (Lipinski definition) is 3. The van der Waals surface area contributed by atoms with Gasteiger partial charge in [-0.25, -0.2) is 4.79 Å². The number of nitrogens with zero attached hydrogens (tertiary/aromatic N) is 3. The van der Waals surface area contributed by atoms with Crippen molar-refractivity contribution in [1.82, 2.24) is 4.98 Å². The Bertz CT molecular complexity index is 611. The number of benzene rings is 1. The number of carbonyl (C=O) groups is 1. The molecule has 0 aliphatic heterocycles. The Morgan fingerprint density at radius 3 is 3.00 bits per heavy atom. The van der Waals surface area contributed by atoms with E-state index in [4.69, 9.17) is 10.3 Å². The second-order valence-corrected chi connectivity index (χ2v) is 3.30. The molecule has 6 heteroatoms. The Kier molecular flexibility index (Phi) is 2.98. The van der Waals surface area contributed by atoms with Gasteiger partial charge in [0.25, 0.3) is 0 Å². The number of carbonyl (C=O) groups excluding carboxylic acids is 1. The molecular formula is C11H10N4O2. The molecule has 1 aromatic heterocycles. The van der Waals surface area contributed by atoms with Gasteiger partial charge in [-0.05, 0) is 18.5 Å². The van der Waals surface area contributed by atoms with E-state index in [0.29, 0.717) is 5.39 Å². The molecule has 1 N–H and O–H groups in total. The zero-order valence-corrected chi connectivity index (χ0v) is 9.17. The third kappa shape index (κ3) is 1.93. The molecule has 6 nitrogen and oxygen atoms in total. The van der Waals surface area contributed by atoms with Gasteiger partial charge in [0.1, 0.15) is 5.69 Å². The van der Waals surface area contributed by atoms with Gasteiger partial charge in [-0.15, -0.1) is 0 Å². The Morgan fingerprint density at radius 2 is 2.29 bits per heavy atom. The fourth-order valence-electron chi connectivity index (χ4n) is 1.63. The summed E-state index contributed by atoms with van der Waals surface area (Å²) >= 11 is 0. The Morgan fingerprint density at radius 1 is 1.53 bits per heavy atom. The SMILES string of the molecule is CCOC(=O)c1[nH]c2ccccc2c1N=[N+]=[N-]. The number of hydrogen-bond donors (Lipinski definition) is 1. The molecule has 0 amide bonds. The van der Waals surface area contributed by atoms with Gasteiger partial charge < -0.3 is 9.72 Å². The molecule has 2 aromatic rings. The number of nitrogens with one attached hydrogen (secondary N) is 1. The third-order valence-electron chi connectivity index (χ3n) is 2.30. The lowest BCUT2D eigenvalue weighted by atomic mass is 10.2. The quantitative estimate of drug-likeness (QED) is 0.379. The highest BCUT2D eigenvalue weighted by atomic mass is 16.5. The molecule has 0 radical (unpaired) electrons. The molecule has 0 bridgehead atoms. The molecule has 0 fully saturated rings. The van der Waals surface area contributed by atoms with Crippen molar-refractivity contribution < 1.29 is 9.53 Å². The van der Waals surface area contributed by atoms with Crippen molar-refractivity contribution in [2.75, 3.05) is 6.61 Å². The Hall–Kier alpha value is -2.46. The molecule has 0 atom stereocenters. The van der Waals surface area contributed by atoms with Crippen LogP contribution in [0.4, 0.5) is 5.69 Å². The number of H-pyrrole nitrogens is 1. The van der Waals surface area contributed by atoms with Crippen LogP contribution in [0.5, 0.6) is 0 Å². The largest absolute Gasteiger partial charge is 0.461 e. The van der Waals surface area contributed by atoms with Gasteiger partial charge in [0.15, 0.2) is 0 Å². The normalized spacial score (nSPS) is 9.94. The van der Waals surface area contributed by atoms with Gasteiger partial charge in [0.2, 0.25) is 0 Å². The van der Waals surface area contributed by atoms with Crippen LogP contribution in [0.25, 0.3) is 21.3 Å². The molecule has 0 spiro atoms. The lowest BCUT2D eigenvalue weighted by molar-refractivity contribution is 0.0521. The second kappa shape index (κ2) is 4.59. The minimum atomic E-state index is -0.522. The number of aromatic amines is 1. The number of esters is 1.